The van der Waals surface area contributed by atoms with Crippen LogP contribution in [0.2, 0.25) is 0 Å². The van der Waals surface area contributed by atoms with Gasteiger partial charge in [0, 0.05) is 0 Å². The average molecular weight is 206 g/mol. The summed E-state index contributed by atoms with van der Waals surface area (Å²) in [6.07, 6.45) is 0.802. The summed E-state index contributed by atoms with van der Waals surface area (Å²) in [6, 6.07) is 6.24. The van der Waals surface area contributed by atoms with Crippen LogP contribution in [0.25, 0.3) is 0 Å². The first-order valence-corrected chi connectivity index (χ1v) is 5.63. The van der Waals surface area contributed by atoms with Crippen LogP contribution >= 0.6 is 0 Å². The van der Waals surface area contributed by atoms with E-state index >= 15 is 0 Å². The maximum Gasteiger partial charge on any atom is 0.0873 e. The third-order valence-electron chi connectivity index (χ3n) is 2.77. The van der Waals surface area contributed by atoms with Crippen molar-refractivity contribution in [3.05, 3.63) is 34.9 Å². The van der Waals surface area contributed by atoms with Crippen LogP contribution in [-0.2, 0) is 5.60 Å². The van der Waals surface area contributed by atoms with Crippen molar-refractivity contribution < 1.29 is 5.11 Å². The predicted octanol–water partition coefficient (Wildman–Crippen LogP) is 3.56. The minimum Gasteiger partial charge on any atom is -0.385 e. The lowest BCUT2D eigenvalue weighted by Crippen LogP contribution is -2.24. The van der Waals surface area contributed by atoms with Gasteiger partial charge in [0.15, 0.2) is 0 Å². The monoisotopic (exact) mass is 206 g/mol. The van der Waals surface area contributed by atoms with Gasteiger partial charge in [-0.25, -0.2) is 0 Å². The molecule has 0 spiro atoms. The molecule has 0 saturated heterocycles. The molecule has 0 amide bonds. The SMILES string of the molecule is Cc1ccc(C(C)(O)CC(C)C)c(C)c1. The first-order chi connectivity index (χ1) is 6.83. The van der Waals surface area contributed by atoms with Crippen molar-refractivity contribution in [1.82, 2.24) is 0 Å². The Morgan fingerprint density at radius 1 is 1.27 bits per heavy atom. The summed E-state index contributed by atoms with van der Waals surface area (Å²) in [7, 11) is 0. The molecule has 0 aromatic heterocycles. The van der Waals surface area contributed by atoms with Crippen LogP contribution in [-0.4, -0.2) is 5.11 Å². The topological polar surface area (TPSA) is 20.2 Å². The minimum atomic E-state index is -0.702. The summed E-state index contributed by atoms with van der Waals surface area (Å²) >= 11 is 0. The molecule has 0 aliphatic heterocycles. The average Bonchev–Trinajstić information content (AvgIpc) is 1.99. The second kappa shape index (κ2) is 4.36. The van der Waals surface area contributed by atoms with Crippen molar-refractivity contribution in [2.45, 2.75) is 46.6 Å². The highest BCUT2D eigenvalue weighted by atomic mass is 16.3. The number of aliphatic hydroxyl groups is 1. The molecule has 1 nitrogen and oxygen atoms in total. The van der Waals surface area contributed by atoms with Crippen molar-refractivity contribution in [3.63, 3.8) is 0 Å². The lowest BCUT2D eigenvalue weighted by molar-refractivity contribution is 0.0343. The molecule has 0 heterocycles. The Kier molecular flexibility index (Phi) is 3.56. The van der Waals surface area contributed by atoms with Crippen LogP contribution in [0.3, 0.4) is 0 Å². The zero-order valence-corrected chi connectivity index (χ0v) is 10.5. The molecule has 0 fully saturated rings. The molecule has 1 heteroatoms. The fraction of sp³-hybridized carbons (Fsp3) is 0.571. The van der Waals surface area contributed by atoms with Crippen LogP contribution in [0.4, 0.5) is 0 Å². The van der Waals surface area contributed by atoms with E-state index in [2.05, 4.69) is 39.8 Å². The van der Waals surface area contributed by atoms with Gasteiger partial charge in [-0.1, -0.05) is 37.6 Å². The molecule has 1 N–H and O–H groups in total. The lowest BCUT2D eigenvalue weighted by atomic mass is 9.84. The van der Waals surface area contributed by atoms with Crippen molar-refractivity contribution in [2.75, 3.05) is 0 Å². The van der Waals surface area contributed by atoms with E-state index in [0.717, 1.165) is 12.0 Å². The van der Waals surface area contributed by atoms with Crippen LogP contribution in [0.1, 0.15) is 43.9 Å². The summed E-state index contributed by atoms with van der Waals surface area (Å²) < 4.78 is 0. The van der Waals surface area contributed by atoms with E-state index in [1.54, 1.807) is 0 Å². The zero-order chi connectivity index (χ0) is 11.6. The highest BCUT2D eigenvalue weighted by molar-refractivity contribution is 5.34. The second-order valence-corrected chi connectivity index (χ2v) is 5.19. The van der Waals surface area contributed by atoms with Crippen molar-refractivity contribution in [3.8, 4) is 0 Å². The Labute approximate surface area is 93.1 Å². The number of hydrogen-bond acceptors (Lipinski definition) is 1. The van der Waals surface area contributed by atoms with Crippen molar-refractivity contribution in [1.29, 1.82) is 0 Å². The number of rotatable bonds is 3. The molecule has 0 aliphatic rings. The Balaban J connectivity index is 3.04. The first kappa shape index (κ1) is 12.3. The van der Waals surface area contributed by atoms with Crippen LogP contribution in [0.5, 0.6) is 0 Å². The fourth-order valence-electron chi connectivity index (χ4n) is 2.32. The maximum absolute atomic E-state index is 10.4. The molecule has 1 aromatic rings. The van der Waals surface area contributed by atoms with E-state index in [1.807, 2.05) is 13.0 Å². The zero-order valence-electron chi connectivity index (χ0n) is 10.5. The highest BCUT2D eigenvalue weighted by Gasteiger charge is 2.25. The smallest absolute Gasteiger partial charge is 0.0873 e. The minimum absolute atomic E-state index is 0.501. The van der Waals surface area contributed by atoms with Gasteiger partial charge in [0.2, 0.25) is 0 Å². The Bertz CT molecular complexity index is 337. The standard InChI is InChI=1S/C14H22O/c1-10(2)9-14(5,15)13-7-6-11(3)8-12(13)4/h6-8,10,15H,9H2,1-5H3. The largest absolute Gasteiger partial charge is 0.385 e. The second-order valence-electron chi connectivity index (χ2n) is 5.19. The Morgan fingerprint density at radius 3 is 2.33 bits per heavy atom. The first-order valence-electron chi connectivity index (χ1n) is 5.63. The van der Waals surface area contributed by atoms with E-state index in [-0.39, 0.29) is 0 Å². The lowest BCUT2D eigenvalue weighted by Gasteiger charge is -2.27. The summed E-state index contributed by atoms with van der Waals surface area (Å²) in [5.41, 5.74) is 2.78. The highest BCUT2D eigenvalue weighted by Crippen LogP contribution is 2.30. The van der Waals surface area contributed by atoms with E-state index in [9.17, 15) is 5.11 Å². The van der Waals surface area contributed by atoms with E-state index in [0.29, 0.717) is 5.92 Å². The molecular weight excluding hydrogens is 184 g/mol. The van der Waals surface area contributed by atoms with Crippen molar-refractivity contribution in [2.24, 2.45) is 5.92 Å². The predicted molar refractivity (Wildman–Crippen MR) is 64.9 cm³/mol. The van der Waals surface area contributed by atoms with Crippen molar-refractivity contribution >= 4 is 0 Å². The van der Waals surface area contributed by atoms with Crippen LogP contribution in [0.15, 0.2) is 18.2 Å². The molecule has 1 unspecified atom stereocenters. The van der Waals surface area contributed by atoms with E-state index < -0.39 is 5.60 Å². The molecule has 0 saturated carbocycles. The normalized spacial score (nSPS) is 15.4. The molecule has 15 heavy (non-hydrogen) atoms. The number of aryl methyl sites for hydroxylation is 2. The van der Waals surface area contributed by atoms with Gasteiger partial charge in [-0.3, -0.25) is 0 Å². The summed E-state index contributed by atoms with van der Waals surface area (Å²) in [5, 5.41) is 10.4. The molecule has 0 bridgehead atoms. The molecule has 84 valence electrons. The van der Waals surface area contributed by atoms with Crippen LogP contribution < -0.4 is 0 Å². The van der Waals surface area contributed by atoms with Gasteiger partial charge in [-0.05, 0) is 44.2 Å². The van der Waals surface area contributed by atoms with Gasteiger partial charge in [-0.15, -0.1) is 0 Å². The third-order valence-corrected chi connectivity index (χ3v) is 2.77. The Hall–Kier alpha value is -0.820. The Morgan fingerprint density at radius 2 is 1.87 bits per heavy atom. The van der Waals surface area contributed by atoms with Gasteiger partial charge in [-0.2, -0.15) is 0 Å². The van der Waals surface area contributed by atoms with Gasteiger partial charge in [0.05, 0.1) is 5.60 Å². The van der Waals surface area contributed by atoms with Gasteiger partial charge >= 0.3 is 0 Å². The molecular formula is C14H22O. The van der Waals surface area contributed by atoms with Gasteiger partial charge in [0.1, 0.15) is 0 Å². The van der Waals surface area contributed by atoms with E-state index in [1.165, 1.54) is 11.1 Å². The van der Waals surface area contributed by atoms with Crippen LogP contribution in [0, 0.1) is 19.8 Å². The molecule has 0 aliphatic carbocycles. The maximum atomic E-state index is 10.4. The fourth-order valence-corrected chi connectivity index (χ4v) is 2.32. The summed E-state index contributed by atoms with van der Waals surface area (Å²) in [6.45, 7) is 10.3. The molecule has 1 aromatic carbocycles. The van der Waals surface area contributed by atoms with Gasteiger partial charge in [0.25, 0.3) is 0 Å². The molecule has 1 rings (SSSR count). The summed E-state index contributed by atoms with van der Waals surface area (Å²) in [5.74, 6) is 0.501. The molecule has 1 atom stereocenters. The summed E-state index contributed by atoms with van der Waals surface area (Å²) in [4.78, 5) is 0. The molecule has 0 radical (unpaired) electrons. The number of benzene rings is 1. The van der Waals surface area contributed by atoms with Gasteiger partial charge < -0.3 is 5.11 Å². The third kappa shape index (κ3) is 3.07. The quantitative estimate of drug-likeness (QED) is 0.801. The van der Waals surface area contributed by atoms with E-state index in [4.69, 9.17) is 0 Å². The number of hydrogen-bond donors (Lipinski definition) is 1.